The smallest absolute Gasteiger partial charge is 0.144 e. The van der Waals surface area contributed by atoms with Crippen molar-refractivity contribution in [3.05, 3.63) is 78.6 Å². The van der Waals surface area contributed by atoms with Gasteiger partial charge in [0.1, 0.15) is 10.9 Å². The van der Waals surface area contributed by atoms with Gasteiger partial charge in [-0.2, -0.15) is 0 Å². The van der Waals surface area contributed by atoms with Crippen molar-refractivity contribution in [2.24, 2.45) is 0 Å². The molecule has 0 aliphatic carbocycles. The summed E-state index contributed by atoms with van der Waals surface area (Å²) in [5.41, 5.74) is 3.25. The van der Waals surface area contributed by atoms with Gasteiger partial charge < -0.3 is 14.4 Å². The number of nitrogens with zero attached hydrogens (tertiary/aromatic N) is 4. The molecule has 7 heteroatoms. The lowest BCUT2D eigenvalue weighted by atomic mass is 10.2. The minimum Gasteiger partial charge on any atom is -0.390 e. The number of benzene rings is 3. The van der Waals surface area contributed by atoms with Gasteiger partial charge in [-0.15, -0.1) is 11.8 Å². The molecular formula is C28H28N4O2S. The average molecular weight is 485 g/mol. The summed E-state index contributed by atoms with van der Waals surface area (Å²) in [5.74, 6) is 1.38. The van der Waals surface area contributed by atoms with Crippen molar-refractivity contribution in [3.63, 3.8) is 0 Å². The number of rotatable bonds is 7. The van der Waals surface area contributed by atoms with Crippen molar-refractivity contribution in [2.75, 3.05) is 32.1 Å². The Balaban J connectivity index is 1.24. The van der Waals surface area contributed by atoms with Crippen LogP contribution in [0.1, 0.15) is 5.82 Å². The van der Waals surface area contributed by atoms with Crippen LogP contribution in [0.25, 0.3) is 32.7 Å². The summed E-state index contributed by atoms with van der Waals surface area (Å²) in [4.78, 5) is 12.1. The van der Waals surface area contributed by atoms with Gasteiger partial charge in [-0.05, 0) is 18.2 Å². The fraction of sp³-hybridized carbons (Fsp3) is 0.286. The molecular weight excluding hydrogens is 456 g/mol. The van der Waals surface area contributed by atoms with Gasteiger partial charge in [0.2, 0.25) is 0 Å². The maximum absolute atomic E-state index is 11.1. The van der Waals surface area contributed by atoms with Gasteiger partial charge in [0, 0.05) is 52.6 Å². The molecule has 2 aromatic heterocycles. The van der Waals surface area contributed by atoms with E-state index < -0.39 is 6.10 Å². The van der Waals surface area contributed by atoms with Crippen molar-refractivity contribution < 1.29 is 9.84 Å². The molecule has 0 spiro atoms. The van der Waals surface area contributed by atoms with E-state index in [0.29, 0.717) is 18.8 Å². The summed E-state index contributed by atoms with van der Waals surface area (Å²) in [6.45, 7) is 4.55. The molecule has 178 valence electrons. The molecule has 3 heterocycles. The number of hydrogen-bond donors (Lipinski definition) is 1. The highest BCUT2D eigenvalue weighted by Crippen LogP contribution is 2.30. The van der Waals surface area contributed by atoms with Gasteiger partial charge >= 0.3 is 0 Å². The highest BCUT2D eigenvalue weighted by molar-refractivity contribution is 7.99. The summed E-state index contributed by atoms with van der Waals surface area (Å²) < 4.78 is 7.71. The number of thioether (sulfide) groups is 1. The average Bonchev–Trinajstić information content (AvgIpc) is 3.21. The van der Waals surface area contributed by atoms with Crippen molar-refractivity contribution in [1.82, 2.24) is 19.4 Å². The Morgan fingerprint density at radius 3 is 2.17 bits per heavy atom. The van der Waals surface area contributed by atoms with E-state index in [1.54, 1.807) is 11.8 Å². The van der Waals surface area contributed by atoms with Crippen LogP contribution >= 0.6 is 11.8 Å². The number of aliphatic hydroxyl groups excluding tert-OH is 1. The first-order valence-electron chi connectivity index (χ1n) is 12.1. The third kappa shape index (κ3) is 4.65. The van der Waals surface area contributed by atoms with Gasteiger partial charge in [-0.1, -0.05) is 54.6 Å². The van der Waals surface area contributed by atoms with E-state index in [1.165, 1.54) is 10.8 Å². The van der Waals surface area contributed by atoms with Gasteiger partial charge in [-0.3, -0.25) is 4.90 Å². The monoisotopic (exact) mass is 484 g/mol. The molecule has 1 unspecified atom stereocenters. The second-order valence-corrected chi connectivity index (χ2v) is 9.97. The van der Waals surface area contributed by atoms with E-state index in [2.05, 4.69) is 64.1 Å². The van der Waals surface area contributed by atoms with Crippen LogP contribution in [0.4, 0.5) is 0 Å². The summed E-state index contributed by atoms with van der Waals surface area (Å²) in [6.07, 6.45) is -0.518. The van der Waals surface area contributed by atoms with Crippen molar-refractivity contribution in [2.45, 2.75) is 24.2 Å². The molecule has 6 nitrogen and oxygen atoms in total. The third-order valence-electron chi connectivity index (χ3n) is 6.57. The number of aliphatic hydroxyl groups is 1. The standard InChI is InChI=1S/C28H28N4O2S/c33-20(17-32-25-11-5-2-7-21(25)22-8-3-6-12-26(22)32)19-35-28-23-9-1-4-10-24(23)29-27(30-28)18-31-13-15-34-16-14-31/h1-12,20,33H,13-19H2. The maximum Gasteiger partial charge on any atom is 0.144 e. The van der Waals surface area contributed by atoms with Crippen LogP contribution in [0.3, 0.4) is 0 Å². The zero-order chi connectivity index (χ0) is 23.6. The van der Waals surface area contributed by atoms with Crippen LogP contribution in [-0.2, 0) is 17.8 Å². The Morgan fingerprint density at radius 1 is 0.829 bits per heavy atom. The highest BCUT2D eigenvalue weighted by Gasteiger charge is 2.17. The van der Waals surface area contributed by atoms with E-state index in [9.17, 15) is 5.11 Å². The zero-order valence-electron chi connectivity index (χ0n) is 19.5. The second kappa shape index (κ2) is 9.95. The predicted octanol–water partition coefficient (Wildman–Crippen LogP) is 4.72. The van der Waals surface area contributed by atoms with Gasteiger partial charge in [0.15, 0.2) is 0 Å². The molecule has 0 bridgehead atoms. The Kier molecular flexibility index (Phi) is 6.39. The summed E-state index contributed by atoms with van der Waals surface area (Å²) in [7, 11) is 0. The number of fused-ring (bicyclic) bond motifs is 4. The molecule has 0 saturated carbocycles. The molecule has 1 N–H and O–H groups in total. The van der Waals surface area contributed by atoms with Crippen molar-refractivity contribution in [3.8, 4) is 0 Å². The minimum atomic E-state index is -0.518. The van der Waals surface area contributed by atoms with Crippen LogP contribution in [-0.4, -0.2) is 62.7 Å². The maximum atomic E-state index is 11.1. The first kappa shape index (κ1) is 22.5. The number of para-hydroxylation sites is 3. The zero-order valence-corrected chi connectivity index (χ0v) is 20.3. The lowest BCUT2D eigenvalue weighted by Gasteiger charge is -2.26. The van der Waals surface area contributed by atoms with E-state index in [4.69, 9.17) is 14.7 Å². The Morgan fingerprint density at radius 2 is 1.46 bits per heavy atom. The first-order chi connectivity index (χ1) is 17.3. The molecule has 3 aromatic carbocycles. The van der Waals surface area contributed by atoms with Crippen LogP contribution < -0.4 is 0 Å². The van der Waals surface area contributed by atoms with Crippen LogP contribution in [0.5, 0.6) is 0 Å². The molecule has 5 aromatic rings. The fourth-order valence-electron chi connectivity index (χ4n) is 4.87. The van der Waals surface area contributed by atoms with Crippen molar-refractivity contribution in [1.29, 1.82) is 0 Å². The van der Waals surface area contributed by atoms with E-state index in [-0.39, 0.29) is 0 Å². The molecule has 1 aliphatic rings. The molecule has 1 aliphatic heterocycles. The molecule has 1 fully saturated rings. The number of ether oxygens (including phenoxy) is 1. The second-order valence-electron chi connectivity index (χ2n) is 8.96. The number of aromatic nitrogens is 3. The third-order valence-corrected chi connectivity index (χ3v) is 7.71. The van der Waals surface area contributed by atoms with E-state index in [1.807, 2.05) is 18.2 Å². The normalized spacial score (nSPS) is 15.8. The topological polar surface area (TPSA) is 63.4 Å². The van der Waals surface area contributed by atoms with Crippen molar-refractivity contribution >= 4 is 44.5 Å². The Hall–Kier alpha value is -2.97. The molecule has 1 atom stereocenters. The largest absolute Gasteiger partial charge is 0.390 e. The minimum absolute atomic E-state index is 0.518. The molecule has 35 heavy (non-hydrogen) atoms. The highest BCUT2D eigenvalue weighted by atomic mass is 32.2. The van der Waals surface area contributed by atoms with Crippen LogP contribution in [0.2, 0.25) is 0 Å². The van der Waals surface area contributed by atoms with Gasteiger partial charge in [0.05, 0.1) is 31.4 Å². The Bertz CT molecular complexity index is 1430. The molecule has 0 amide bonds. The predicted molar refractivity (Wildman–Crippen MR) is 142 cm³/mol. The van der Waals surface area contributed by atoms with E-state index in [0.717, 1.165) is 59.1 Å². The van der Waals surface area contributed by atoms with Gasteiger partial charge in [0.25, 0.3) is 0 Å². The summed E-state index contributed by atoms with van der Waals surface area (Å²) in [5, 5.41) is 15.5. The number of morpholine rings is 1. The Labute approximate surface area is 208 Å². The van der Waals surface area contributed by atoms with Crippen LogP contribution in [0, 0.1) is 0 Å². The molecule has 0 radical (unpaired) electrons. The lowest BCUT2D eigenvalue weighted by molar-refractivity contribution is 0.0330. The number of hydrogen-bond acceptors (Lipinski definition) is 6. The van der Waals surface area contributed by atoms with Crippen LogP contribution in [0.15, 0.2) is 77.8 Å². The lowest BCUT2D eigenvalue weighted by Crippen LogP contribution is -2.36. The van der Waals surface area contributed by atoms with E-state index >= 15 is 0 Å². The fourth-order valence-corrected chi connectivity index (χ4v) is 5.83. The molecule has 6 rings (SSSR count). The quantitative estimate of drug-likeness (QED) is 0.266. The summed E-state index contributed by atoms with van der Waals surface area (Å²) in [6, 6.07) is 25.0. The van der Waals surface area contributed by atoms with Gasteiger partial charge in [-0.25, -0.2) is 9.97 Å². The first-order valence-corrected chi connectivity index (χ1v) is 13.1. The molecule has 1 saturated heterocycles. The summed E-state index contributed by atoms with van der Waals surface area (Å²) >= 11 is 1.61. The SMILES string of the molecule is OC(CSc1nc(CN2CCOCC2)nc2ccccc12)Cn1c2ccccc2c2ccccc21.